The Bertz CT molecular complexity index is 744. The van der Waals surface area contributed by atoms with Crippen LogP contribution in [0.25, 0.3) is 0 Å². The summed E-state index contributed by atoms with van der Waals surface area (Å²) in [5, 5.41) is 0.678. The van der Waals surface area contributed by atoms with Crippen molar-refractivity contribution in [1.29, 1.82) is 0 Å². The van der Waals surface area contributed by atoms with Gasteiger partial charge in [-0.25, -0.2) is 9.97 Å². The number of fused-ring (bicyclic) bond motifs is 1. The number of aliphatic imine (C=N–C) groups is 1. The highest BCUT2D eigenvalue weighted by atomic mass is 32.2. The smallest absolute Gasteiger partial charge is 0.202 e. The van der Waals surface area contributed by atoms with Crippen molar-refractivity contribution in [2.75, 3.05) is 25.4 Å². The second-order valence-corrected chi connectivity index (χ2v) is 5.61. The zero-order chi connectivity index (χ0) is 18.4. The van der Waals surface area contributed by atoms with E-state index < -0.39 is 0 Å². The molecular weight excluding hydrogens is 338 g/mol. The summed E-state index contributed by atoms with van der Waals surface area (Å²) >= 11 is 1.47. The van der Waals surface area contributed by atoms with Gasteiger partial charge < -0.3 is 20.1 Å². The third kappa shape index (κ3) is 4.14. The third-order valence-corrected chi connectivity index (χ3v) is 4.04. The highest BCUT2D eigenvalue weighted by Gasteiger charge is 2.22. The second kappa shape index (κ2) is 8.57. The lowest BCUT2D eigenvalue weighted by atomic mass is 10.2. The first-order valence-electron chi connectivity index (χ1n) is 7.89. The zero-order valence-electron chi connectivity index (χ0n) is 15.1. The SMILES string of the molecule is CC.COc1cc(OC)cc(N2Cc3cnc(SC)nc3N=C2N)c1. The second-order valence-electron chi connectivity index (χ2n) is 4.83. The van der Waals surface area contributed by atoms with Gasteiger partial charge in [-0.05, 0) is 6.26 Å². The molecule has 1 aromatic carbocycles. The van der Waals surface area contributed by atoms with Crippen molar-refractivity contribution in [2.24, 2.45) is 10.7 Å². The fraction of sp³-hybridized carbons (Fsp3) is 0.353. The monoisotopic (exact) mass is 361 g/mol. The molecule has 0 fully saturated rings. The lowest BCUT2D eigenvalue weighted by Crippen LogP contribution is -2.39. The summed E-state index contributed by atoms with van der Waals surface area (Å²) in [5.41, 5.74) is 7.88. The van der Waals surface area contributed by atoms with Gasteiger partial charge in [0.05, 0.1) is 26.5 Å². The number of hydrogen-bond donors (Lipinski definition) is 1. The number of methoxy groups -OCH3 is 2. The highest BCUT2D eigenvalue weighted by molar-refractivity contribution is 7.98. The summed E-state index contributed by atoms with van der Waals surface area (Å²) in [6.45, 7) is 4.54. The van der Waals surface area contributed by atoms with Crippen molar-refractivity contribution >= 4 is 29.2 Å². The van der Waals surface area contributed by atoms with Gasteiger partial charge in [-0.3, -0.25) is 0 Å². The Balaban J connectivity index is 0.00000109. The van der Waals surface area contributed by atoms with Crippen molar-refractivity contribution in [3.63, 3.8) is 0 Å². The lowest BCUT2D eigenvalue weighted by Gasteiger charge is -2.28. The average molecular weight is 361 g/mol. The summed E-state index contributed by atoms with van der Waals surface area (Å²) in [4.78, 5) is 15.0. The van der Waals surface area contributed by atoms with E-state index in [0.717, 1.165) is 11.3 Å². The number of rotatable bonds is 4. The van der Waals surface area contributed by atoms with Crippen LogP contribution in [-0.4, -0.2) is 36.4 Å². The van der Waals surface area contributed by atoms with Crippen LogP contribution in [0.1, 0.15) is 19.4 Å². The molecule has 2 heterocycles. The fourth-order valence-electron chi connectivity index (χ4n) is 2.28. The van der Waals surface area contributed by atoms with Crippen LogP contribution < -0.4 is 20.1 Å². The Hall–Kier alpha value is -2.48. The summed E-state index contributed by atoms with van der Waals surface area (Å²) in [5.74, 6) is 2.37. The number of benzene rings is 1. The molecule has 0 radical (unpaired) electrons. The molecule has 0 amide bonds. The molecule has 0 bridgehead atoms. The van der Waals surface area contributed by atoms with E-state index in [2.05, 4.69) is 15.0 Å². The van der Waals surface area contributed by atoms with Gasteiger partial charge in [-0.2, -0.15) is 4.99 Å². The van der Waals surface area contributed by atoms with Gasteiger partial charge in [0.15, 0.2) is 11.0 Å². The van der Waals surface area contributed by atoms with Crippen molar-refractivity contribution in [3.05, 3.63) is 30.0 Å². The summed E-state index contributed by atoms with van der Waals surface area (Å²) in [6.07, 6.45) is 3.71. The number of ether oxygens (including phenoxy) is 2. The molecule has 0 atom stereocenters. The first-order valence-corrected chi connectivity index (χ1v) is 9.11. The molecule has 2 aromatic rings. The Kier molecular flexibility index (Phi) is 6.46. The largest absolute Gasteiger partial charge is 0.497 e. The molecule has 1 aliphatic heterocycles. The van der Waals surface area contributed by atoms with E-state index in [1.807, 2.05) is 43.2 Å². The van der Waals surface area contributed by atoms with Gasteiger partial charge in [-0.1, -0.05) is 25.6 Å². The minimum absolute atomic E-state index is 0.374. The van der Waals surface area contributed by atoms with Crippen molar-refractivity contribution < 1.29 is 9.47 Å². The molecule has 7 nitrogen and oxygen atoms in total. The Morgan fingerprint density at radius 3 is 2.32 bits per heavy atom. The molecule has 8 heteroatoms. The van der Waals surface area contributed by atoms with E-state index in [-0.39, 0.29) is 0 Å². The zero-order valence-corrected chi connectivity index (χ0v) is 15.9. The number of nitrogens with zero attached hydrogens (tertiary/aromatic N) is 4. The first-order chi connectivity index (χ1) is 12.1. The van der Waals surface area contributed by atoms with Crippen LogP contribution in [0.3, 0.4) is 0 Å². The summed E-state index contributed by atoms with van der Waals surface area (Å²) in [6, 6.07) is 5.57. The van der Waals surface area contributed by atoms with Crippen LogP contribution in [0.5, 0.6) is 11.5 Å². The minimum atomic E-state index is 0.374. The Labute approximate surface area is 152 Å². The molecule has 1 aliphatic rings. The van der Waals surface area contributed by atoms with Crippen LogP contribution in [-0.2, 0) is 6.54 Å². The molecule has 134 valence electrons. The number of aromatic nitrogens is 2. The predicted octanol–water partition coefficient (Wildman–Crippen LogP) is 3.21. The molecule has 2 N–H and O–H groups in total. The molecule has 0 saturated heterocycles. The van der Waals surface area contributed by atoms with Crippen LogP contribution in [0.2, 0.25) is 0 Å². The fourth-order valence-corrected chi connectivity index (χ4v) is 2.62. The van der Waals surface area contributed by atoms with E-state index in [9.17, 15) is 0 Å². The number of hydrogen-bond acceptors (Lipinski definition) is 8. The van der Waals surface area contributed by atoms with Gasteiger partial charge >= 0.3 is 0 Å². The van der Waals surface area contributed by atoms with Gasteiger partial charge in [0.1, 0.15) is 11.5 Å². The lowest BCUT2D eigenvalue weighted by molar-refractivity contribution is 0.394. The predicted molar refractivity (Wildman–Crippen MR) is 102 cm³/mol. The first kappa shape index (κ1) is 18.9. The molecule has 1 aromatic heterocycles. The summed E-state index contributed by atoms with van der Waals surface area (Å²) < 4.78 is 10.6. The van der Waals surface area contributed by atoms with E-state index in [1.165, 1.54) is 11.8 Å². The summed E-state index contributed by atoms with van der Waals surface area (Å²) in [7, 11) is 3.22. The van der Waals surface area contributed by atoms with Gasteiger partial charge in [0.2, 0.25) is 5.96 Å². The molecule has 0 aliphatic carbocycles. The maximum atomic E-state index is 6.13. The van der Waals surface area contributed by atoms with Crippen molar-refractivity contribution in [1.82, 2.24) is 9.97 Å². The molecule has 0 saturated carbocycles. The van der Waals surface area contributed by atoms with Crippen LogP contribution >= 0.6 is 11.8 Å². The number of nitrogens with two attached hydrogens (primary N) is 1. The van der Waals surface area contributed by atoms with E-state index in [0.29, 0.717) is 35.0 Å². The molecule has 25 heavy (non-hydrogen) atoms. The van der Waals surface area contributed by atoms with Crippen molar-refractivity contribution in [3.8, 4) is 11.5 Å². The van der Waals surface area contributed by atoms with Crippen LogP contribution in [0.4, 0.5) is 11.5 Å². The third-order valence-electron chi connectivity index (χ3n) is 3.48. The topological polar surface area (TPSA) is 85.9 Å². The quantitative estimate of drug-likeness (QED) is 0.661. The molecule has 0 spiro atoms. The number of thioether (sulfide) groups is 1. The van der Waals surface area contributed by atoms with Crippen molar-refractivity contribution in [2.45, 2.75) is 25.5 Å². The van der Waals surface area contributed by atoms with Gasteiger partial charge in [0.25, 0.3) is 0 Å². The normalized spacial score (nSPS) is 12.5. The molecule has 3 rings (SSSR count). The highest BCUT2D eigenvalue weighted by Crippen LogP contribution is 2.32. The molecular formula is C17H23N5O2S. The Morgan fingerprint density at radius 1 is 1.12 bits per heavy atom. The standard InChI is InChI=1S/C15H17N5O2S.C2H6/c1-21-11-4-10(5-12(6-11)22-2)20-8-9-7-17-15(23-3)19-13(9)18-14(20)16;1-2/h4-7H,8H2,1-3H3,(H2,16,17,18,19);1-2H3. The molecule has 0 unspecified atom stereocenters. The van der Waals surface area contributed by atoms with Crippen LogP contribution in [0, 0.1) is 0 Å². The average Bonchev–Trinajstić information content (AvgIpc) is 2.67. The maximum absolute atomic E-state index is 6.13. The number of anilines is 1. The van der Waals surface area contributed by atoms with E-state index in [4.69, 9.17) is 15.2 Å². The van der Waals surface area contributed by atoms with Crippen LogP contribution in [0.15, 0.2) is 34.5 Å². The minimum Gasteiger partial charge on any atom is -0.497 e. The van der Waals surface area contributed by atoms with Gasteiger partial charge in [0, 0.05) is 30.0 Å². The maximum Gasteiger partial charge on any atom is 0.202 e. The van der Waals surface area contributed by atoms with E-state index in [1.54, 1.807) is 20.4 Å². The Morgan fingerprint density at radius 2 is 1.76 bits per heavy atom. The number of guanidine groups is 1. The van der Waals surface area contributed by atoms with Gasteiger partial charge in [-0.15, -0.1) is 0 Å². The van der Waals surface area contributed by atoms with E-state index >= 15 is 0 Å².